The van der Waals surface area contributed by atoms with E-state index < -0.39 is 0 Å². The lowest BCUT2D eigenvalue weighted by molar-refractivity contribution is 0.670. The predicted molar refractivity (Wildman–Crippen MR) is 184 cm³/mol. The second-order valence-corrected chi connectivity index (χ2v) is 11.3. The maximum absolute atomic E-state index is 6.61. The van der Waals surface area contributed by atoms with Gasteiger partial charge >= 0.3 is 0 Å². The zero-order valence-electron chi connectivity index (χ0n) is 24.2. The SMILES string of the molecule is c1ccc(-c2nc(-c3ccc4ccccc4c3)nc(-c3cc(-c4ccccc4)c4oc5cc6ccccc6cc5c4c3)n2)cc1. The topological polar surface area (TPSA) is 51.8 Å². The van der Waals surface area contributed by atoms with E-state index in [4.69, 9.17) is 19.4 Å². The van der Waals surface area contributed by atoms with Crippen LogP contribution in [0.4, 0.5) is 0 Å². The highest BCUT2D eigenvalue weighted by molar-refractivity contribution is 6.14. The fourth-order valence-electron chi connectivity index (χ4n) is 6.20. The van der Waals surface area contributed by atoms with Crippen molar-refractivity contribution in [2.75, 3.05) is 0 Å². The van der Waals surface area contributed by atoms with Crippen molar-refractivity contribution in [3.63, 3.8) is 0 Å². The molecule has 45 heavy (non-hydrogen) atoms. The number of hydrogen-bond donors (Lipinski definition) is 0. The van der Waals surface area contributed by atoms with Crippen LogP contribution in [0.2, 0.25) is 0 Å². The Labute approximate surface area is 259 Å². The molecule has 0 saturated heterocycles. The molecule has 0 aliphatic heterocycles. The first-order chi connectivity index (χ1) is 22.3. The first-order valence-electron chi connectivity index (χ1n) is 15.0. The maximum Gasteiger partial charge on any atom is 0.164 e. The van der Waals surface area contributed by atoms with Crippen LogP contribution in [0.3, 0.4) is 0 Å². The molecule has 9 rings (SSSR count). The minimum Gasteiger partial charge on any atom is -0.455 e. The lowest BCUT2D eigenvalue weighted by atomic mass is 9.98. The minimum atomic E-state index is 0.612. The fraction of sp³-hybridized carbons (Fsp3) is 0. The van der Waals surface area contributed by atoms with E-state index in [1.54, 1.807) is 0 Å². The standard InChI is InChI=1S/C41H25N3O/c1-3-12-27(13-4-1)34-23-33(24-36-35-22-30-17-9-10-18-31(30)25-37(35)45-38(34)36)41-43-39(28-14-5-2-6-15-28)42-40(44-41)32-20-19-26-11-7-8-16-29(26)21-32/h1-25H. The molecule has 0 spiro atoms. The second-order valence-electron chi connectivity index (χ2n) is 11.3. The average Bonchev–Trinajstić information content (AvgIpc) is 3.47. The van der Waals surface area contributed by atoms with Crippen LogP contribution >= 0.6 is 0 Å². The van der Waals surface area contributed by atoms with Crippen LogP contribution in [0.5, 0.6) is 0 Å². The van der Waals surface area contributed by atoms with Crippen molar-refractivity contribution < 1.29 is 4.42 Å². The zero-order chi connectivity index (χ0) is 29.7. The molecule has 0 fully saturated rings. The first-order valence-corrected chi connectivity index (χ1v) is 15.0. The van der Waals surface area contributed by atoms with Crippen molar-refractivity contribution in [2.45, 2.75) is 0 Å². The van der Waals surface area contributed by atoms with Gasteiger partial charge < -0.3 is 4.42 Å². The predicted octanol–water partition coefficient (Wildman–Crippen LogP) is 10.7. The lowest BCUT2D eigenvalue weighted by Crippen LogP contribution is -2.00. The highest BCUT2D eigenvalue weighted by Crippen LogP contribution is 2.40. The monoisotopic (exact) mass is 575 g/mol. The van der Waals surface area contributed by atoms with Gasteiger partial charge in [0.15, 0.2) is 17.5 Å². The van der Waals surface area contributed by atoms with E-state index in [0.29, 0.717) is 17.5 Å². The van der Waals surface area contributed by atoms with E-state index in [9.17, 15) is 0 Å². The molecule has 9 aromatic rings. The van der Waals surface area contributed by atoms with Crippen LogP contribution < -0.4 is 0 Å². The van der Waals surface area contributed by atoms with Gasteiger partial charge in [0.25, 0.3) is 0 Å². The van der Waals surface area contributed by atoms with Crippen LogP contribution in [-0.4, -0.2) is 15.0 Å². The molecule has 4 heteroatoms. The molecular weight excluding hydrogens is 550 g/mol. The molecule has 210 valence electrons. The fourth-order valence-corrected chi connectivity index (χ4v) is 6.20. The second kappa shape index (κ2) is 10.2. The average molecular weight is 576 g/mol. The Balaban J connectivity index is 1.33. The number of aromatic nitrogens is 3. The van der Waals surface area contributed by atoms with Crippen LogP contribution in [0.1, 0.15) is 0 Å². The molecule has 0 bridgehead atoms. The maximum atomic E-state index is 6.61. The third-order valence-corrected chi connectivity index (χ3v) is 8.46. The molecule has 0 unspecified atom stereocenters. The van der Waals surface area contributed by atoms with E-state index in [2.05, 4.69) is 115 Å². The van der Waals surface area contributed by atoms with E-state index in [1.165, 1.54) is 10.8 Å². The number of fused-ring (bicyclic) bond motifs is 5. The van der Waals surface area contributed by atoms with Crippen molar-refractivity contribution in [3.05, 3.63) is 152 Å². The highest BCUT2D eigenvalue weighted by Gasteiger charge is 2.19. The third-order valence-electron chi connectivity index (χ3n) is 8.46. The smallest absolute Gasteiger partial charge is 0.164 e. The number of furan rings is 1. The lowest BCUT2D eigenvalue weighted by Gasteiger charge is -2.11. The largest absolute Gasteiger partial charge is 0.455 e. The molecule has 0 amide bonds. The zero-order valence-corrected chi connectivity index (χ0v) is 24.2. The summed E-state index contributed by atoms with van der Waals surface area (Å²) in [5, 5.41) is 6.73. The van der Waals surface area contributed by atoms with Gasteiger partial charge in [-0.2, -0.15) is 0 Å². The minimum absolute atomic E-state index is 0.612. The van der Waals surface area contributed by atoms with Gasteiger partial charge in [-0.1, -0.05) is 121 Å². The van der Waals surface area contributed by atoms with Gasteiger partial charge in [-0.05, 0) is 57.4 Å². The van der Waals surface area contributed by atoms with Crippen molar-refractivity contribution in [1.29, 1.82) is 0 Å². The molecule has 2 heterocycles. The summed E-state index contributed by atoms with van der Waals surface area (Å²) in [6.45, 7) is 0. The van der Waals surface area contributed by atoms with Crippen molar-refractivity contribution in [1.82, 2.24) is 15.0 Å². The van der Waals surface area contributed by atoms with Gasteiger partial charge in [0.05, 0.1) is 0 Å². The van der Waals surface area contributed by atoms with Crippen molar-refractivity contribution >= 4 is 43.5 Å². The summed E-state index contributed by atoms with van der Waals surface area (Å²) in [7, 11) is 0. The molecule has 0 N–H and O–H groups in total. The number of benzene rings is 7. The Hall–Kier alpha value is -6.13. The van der Waals surface area contributed by atoms with Crippen LogP contribution in [0.15, 0.2) is 156 Å². The van der Waals surface area contributed by atoms with Crippen molar-refractivity contribution in [3.8, 4) is 45.3 Å². The molecule has 0 aliphatic rings. The summed E-state index contributed by atoms with van der Waals surface area (Å²) in [5.74, 6) is 1.88. The summed E-state index contributed by atoms with van der Waals surface area (Å²) < 4.78 is 6.61. The molecule has 2 aromatic heterocycles. The molecule has 0 atom stereocenters. The Morgan fingerprint density at radius 3 is 1.62 bits per heavy atom. The van der Waals surface area contributed by atoms with Crippen LogP contribution in [0, 0.1) is 0 Å². The Bertz CT molecular complexity index is 2540. The highest BCUT2D eigenvalue weighted by atomic mass is 16.3. The van der Waals surface area contributed by atoms with Gasteiger partial charge in [0, 0.05) is 33.0 Å². The molecular formula is C41H25N3O. The van der Waals surface area contributed by atoms with E-state index >= 15 is 0 Å². The van der Waals surface area contributed by atoms with E-state index in [-0.39, 0.29) is 0 Å². The molecule has 4 nitrogen and oxygen atoms in total. The van der Waals surface area contributed by atoms with Gasteiger partial charge in [-0.3, -0.25) is 0 Å². The van der Waals surface area contributed by atoms with Crippen LogP contribution in [0.25, 0.3) is 88.8 Å². The van der Waals surface area contributed by atoms with Gasteiger partial charge in [-0.15, -0.1) is 0 Å². The Kier molecular flexibility index (Phi) is 5.78. The van der Waals surface area contributed by atoms with Gasteiger partial charge in [0.2, 0.25) is 0 Å². The normalized spacial score (nSPS) is 11.6. The summed E-state index contributed by atoms with van der Waals surface area (Å²) in [6.07, 6.45) is 0. The molecule has 0 aliphatic carbocycles. The van der Waals surface area contributed by atoms with Crippen LogP contribution in [-0.2, 0) is 0 Å². The quantitative estimate of drug-likeness (QED) is 0.209. The van der Waals surface area contributed by atoms with Crippen molar-refractivity contribution in [2.24, 2.45) is 0 Å². The summed E-state index contributed by atoms with van der Waals surface area (Å²) >= 11 is 0. The summed E-state index contributed by atoms with van der Waals surface area (Å²) in [6, 6.07) is 52.2. The molecule has 0 saturated carbocycles. The summed E-state index contributed by atoms with van der Waals surface area (Å²) in [4.78, 5) is 15.2. The Morgan fingerprint density at radius 1 is 0.356 bits per heavy atom. The summed E-state index contributed by atoms with van der Waals surface area (Å²) in [5.41, 5.74) is 6.56. The van der Waals surface area contributed by atoms with Gasteiger partial charge in [0.1, 0.15) is 11.2 Å². The van der Waals surface area contributed by atoms with E-state index in [0.717, 1.165) is 60.5 Å². The third kappa shape index (κ3) is 4.43. The first kappa shape index (κ1) is 25.4. The molecule has 7 aromatic carbocycles. The number of nitrogens with zero attached hydrogens (tertiary/aromatic N) is 3. The molecule has 0 radical (unpaired) electrons. The number of hydrogen-bond acceptors (Lipinski definition) is 4. The Morgan fingerprint density at radius 2 is 0.911 bits per heavy atom. The van der Waals surface area contributed by atoms with E-state index in [1.807, 2.05) is 36.4 Å². The number of rotatable bonds is 4. The van der Waals surface area contributed by atoms with Gasteiger partial charge in [-0.25, -0.2) is 15.0 Å².